The first kappa shape index (κ1) is 30.6. The lowest BCUT2D eigenvalue weighted by atomic mass is 10.1. The van der Waals surface area contributed by atoms with E-state index in [1.807, 2.05) is 0 Å². The predicted molar refractivity (Wildman–Crippen MR) is 145 cm³/mol. The van der Waals surface area contributed by atoms with Crippen LogP contribution in [-0.2, 0) is 11.6 Å². The predicted octanol–water partition coefficient (Wildman–Crippen LogP) is 2.93. The van der Waals surface area contributed by atoms with Crippen LogP contribution in [0, 0.1) is 26.6 Å². The van der Waals surface area contributed by atoms with Crippen molar-refractivity contribution in [3.05, 3.63) is 103 Å². The van der Waals surface area contributed by atoms with Crippen LogP contribution < -0.4 is 15.9 Å². The molecule has 0 aliphatic carbocycles. The van der Waals surface area contributed by atoms with Crippen molar-refractivity contribution >= 4 is 11.6 Å². The number of hydrogen-bond donors (Lipinski definition) is 3. The smallest absolute Gasteiger partial charge is 0.372 e. The molecule has 0 bridgehead atoms. The van der Waals surface area contributed by atoms with Crippen LogP contribution in [-0.4, -0.2) is 39.4 Å². The van der Waals surface area contributed by atoms with Crippen LogP contribution in [0.4, 0.5) is 4.39 Å². The number of ether oxygens (including phenoxy) is 1. The van der Waals surface area contributed by atoms with Gasteiger partial charge in [-0.2, -0.15) is 0 Å². The van der Waals surface area contributed by atoms with E-state index in [4.69, 9.17) is 16.3 Å². The van der Waals surface area contributed by atoms with Crippen molar-refractivity contribution < 1.29 is 24.4 Å². The molecule has 0 radical (unpaired) electrons. The van der Waals surface area contributed by atoms with Gasteiger partial charge in [0.15, 0.2) is 17.3 Å². The van der Waals surface area contributed by atoms with Gasteiger partial charge in [0.1, 0.15) is 22.1 Å². The summed E-state index contributed by atoms with van der Waals surface area (Å²) in [5, 5.41) is 30.6. The second-order valence-electron chi connectivity index (χ2n) is 9.50. The van der Waals surface area contributed by atoms with Crippen LogP contribution in [0.5, 0.6) is 5.75 Å². The number of nitrogens with zero attached hydrogens (tertiary/aromatic N) is 5. The van der Waals surface area contributed by atoms with Gasteiger partial charge in [-0.05, 0) is 51.8 Å². The lowest BCUT2D eigenvalue weighted by Gasteiger charge is -2.24. The minimum atomic E-state index is -3.23. The Kier molecular flexibility index (Phi) is 8.32. The molecular formula is C27H29ClFN5O6. The molecule has 0 fully saturated rings. The summed E-state index contributed by atoms with van der Waals surface area (Å²) in [5.41, 5.74) is -2.24. The molecule has 11 nitrogen and oxygen atoms in total. The molecule has 4 aromatic heterocycles. The molecule has 0 amide bonds. The fourth-order valence-electron chi connectivity index (χ4n) is 3.92. The highest BCUT2D eigenvalue weighted by Crippen LogP contribution is 2.30. The Hall–Kier alpha value is -3.97. The van der Waals surface area contributed by atoms with Gasteiger partial charge in [0.05, 0.1) is 5.69 Å². The molecule has 0 atom stereocenters. The van der Waals surface area contributed by atoms with E-state index in [1.165, 1.54) is 66.8 Å². The highest BCUT2D eigenvalue weighted by Gasteiger charge is 2.36. The molecule has 0 unspecified atom stereocenters. The summed E-state index contributed by atoms with van der Waals surface area (Å²) < 4.78 is 21.9. The quantitative estimate of drug-likeness (QED) is 0.295. The Morgan fingerprint density at radius 2 is 1.62 bits per heavy atom. The fraction of sp³-hybridized carbons (Fsp3) is 0.296. The van der Waals surface area contributed by atoms with Gasteiger partial charge in [0, 0.05) is 42.6 Å². The maximum absolute atomic E-state index is 14.3. The molecule has 4 heterocycles. The van der Waals surface area contributed by atoms with Crippen molar-refractivity contribution in [1.82, 2.24) is 24.1 Å². The number of rotatable bonds is 6. The third-order valence-electron chi connectivity index (χ3n) is 5.81. The van der Waals surface area contributed by atoms with Gasteiger partial charge in [-0.15, -0.1) is 0 Å². The van der Waals surface area contributed by atoms with E-state index in [9.17, 15) is 29.3 Å². The van der Waals surface area contributed by atoms with Crippen LogP contribution in [0.15, 0.2) is 52.6 Å². The third-order valence-corrected chi connectivity index (χ3v) is 6.15. The highest BCUT2D eigenvalue weighted by atomic mass is 35.5. The van der Waals surface area contributed by atoms with E-state index in [1.54, 1.807) is 13.8 Å². The molecule has 13 heteroatoms. The Labute approximate surface area is 233 Å². The average Bonchev–Trinajstić information content (AvgIpc) is 2.82. The summed E-state index contributed by atoms with van der Waals surface area (Å²) in [5.74, 6) is -4.54. The van der Waals surface area contributed by atoms with Gasteiger partial charge in [-0.1, -0.05) is 19.0 Å². The van der Waals surface area contributed by atoms with Crippen molar-refractivity contribution in [2.75, 3.05) is 0 Å². The van der Waals surface area contributed by atoms with E-state index < -0.39 is 45.0 Å². The number of aromatic nitrogens is 5. The summed E-state index contributed by atoms with van der Waals surface area (Å²) in [6.45, 7) is 7.66. The molecular weight excluding hydrogens is 545 g/mol. The minimum absolute atomic E-state index is 0. The normalized spacial score (nSPS) is 11.8. The zero-order chi connectivity index (χ0) is 28.9. The number of aliphatic hydroxyl groups is 3. The fourth-order valence-corrected chi connectivity index (χ4v) is 4.09. The highest BCUT2D eigenvalue weighted by molar-refractivity contribution is 6.31. The number of halogens is 2. The molecule has 0 aromatic carbocycles. The van der Waals surface area contributed by atoms with Gasteiger partial charge < -0.3 is 20.1 Å². The van der Waals surface area contributed by atoms with Crippen molar-refractivity contribution in [2.24, 2.45) is 0 Å². The SMILES string of the molecule is C.Cc1cnc(C(O)(O)Oc2cc(C)n(-c3cc(-n4ccnc(C(C)(C)O)c4=O)ncc3C)c(=O)c2Cl)c(F)c1. The standard InChI is InChI=1S/C26H25ClFN5O6.CH4/c1-13-8-16(28)21(31-11-13)26(37,38)39-18-9-15(3)33(23(34)20(18)27)17-10-19(30-12-14(17)2)32-7-6-29-22(24(32)35)25(4,5)36;/h6-12,36-38H,1-5H3;1H4. The Balaban J connectivity index is 0.00000441. The molecule has 0 aliphatic rings. The van der Waals surface area contributed by atoms with Gasteiger partial charge in [-0.3, -0.25) is 23.7 Å². The lowest BCUT2D eigenvalue weighted by Crippen LogP contribution is -2.35. The monoisotopic (exact) mass is 573 g/mol. The summed E-state index contributed by atoms with van der Waals surface area (Å²) in [6.07, 6.45) is 5.39. The lowest BCUT2D eigenvalue weighted by molar-refractivity contribution is -0.308. The van der Waals surface area contributed by atoms with Crippen molar-refractivity contribution in [3.63, 3.8) is 0 Å². The van der Waals surface area contributed by atoms with Gasteiger partial charge in [-0.25, -0.2) is 14.4 Å². The summed E-state index contributed by atoms with van der Waals surface area (Å²) >= 11 is 6.28. The summed E-state index contributed by atoms with van der Waals surface area (Å²) in [7, 11) is 0. The third kappa shape index (κ3) is 5.65. The zero-order valence-electron chi connectivity index (χ0n) is 21.6. The Bertz CT molecular complexity index is 1710. The second kappa shape index (κ2) is 10.9. The zero-order valence-corrected chi connectivity index (χ0v) is 22.4. The first-order chi connectivity index (χ1) is 18.1. The van der Waals surface area contributed by atoms with Crippen LogP contribution in [0.2, 0.25) is 5.02 Å². The van der Waals surface area contributed by atoms with Crippen LogP contribution in [0.1, 0.15) is 49.5 Å². The second-order valence-corrected chi connectivity index (χ2v) is 9.87. The molecule has 40 heavy (non-hydrogen) atoms. The molecule has 0 saturated carbocycles. The van der Waals surface area contributed by atoms with E-state index in [-0.39, 0.29) is 24.6 Å². The number of pyridine rings is 3. The first-order valence-corrected chi connectivity index (χ1v) is 12.0. The summed E-state index contributed by atoms with van der Waals surface area (Å²) in [4.78, 5) is 38.3. The Morgan fingerprint density at radius 3 is 2.25 bits per heavy atom. The van der Waals surface area contributed by atoms with Gasteiger partial charge >= 0.3 is 5.97 Å². The number of hydrogen-bond acceptors (Lipinski definition) is 9. The molecule has 4 rings (SSSR count). The van der Waals surface area contributed by atoms with E-state index in [0.717, 1.165) is 6.07 Å². The maximum atomic E-state index is 14.3. The minimum Gasteiger partial charge on any atom is -0.433 e. The number of aryl methyl sites for hydroxylation is 3. The molecule has 0 aliphatic heterocycles. The molecule has 3 N–H and O–H groups in total. The first-order valence-electron chi connectivity index (χ1n) is 11.6. The summed E-state index contributed by atoms with van der Waals surface area (Å²) in [6, 6.07) is 3.78. The van der Waals surface area contributed by atoms with E-state index >= 15 is 0 Å². The van der Waals surface area contributed by atoms with Crippen LogP contribution in [0.3, 0.4) is 0 Å². The van der Waals surface area contributed by atoms with Crippen LogP contribution in [0.25, 0.3) is 11.5 Å². The topological polar surface area (TPSA) is 153 Å². The largest absolute Gasteiger partial charge is 0.433 e. The molecule has 0 saturated heterocycles. The average molecular weight is 574 g/mol. The van der Waals surface area contributed by atoms with Gasteiger partial charge in [0.2, 0.25) is 0 Å². The van der Waals surface area contributed by atoms with E-state index in [0.29, 0.717) is 16.8 Å². The molecule has 4 aromatic rings. The maximum Gasteiger partial charge on any atom is 0.372 e. The van der Waals surface area contributed by atoms with Crippen LogP contribution >= 0.6 is 11.6 Å². The molecule has 212 valence electrons. The Morgan fingerprint density at radius 1 is 0.950 bits per heavy atom. The van der Waals surface area contributed by atoms with Crippen molar-refractivity contribution in [3.8, 4) is 17.3 Å². The van der Waals surface area contributed by atoms with E-state index in [2.05, 4.69) is 15.0 Å². The van der Waals surface area contributed by atoms with Gasteiger partial charge in [0.25, 0.3) is 11.1 Å². The molecule has 0 spiro atoms. The van der Waals surface area contributed by atoms with Crippen molar-refractivity contribution in [1.29, 1.82) is 0 Å². The van der Waals surface area contributed by atoms with Crippen molar-refractivity contribution in [2.45, 2.75) is 53.6 Å².